The predicted octanol–water partition coefficient (Wildman–Crippen LogP) is 3.62. The number of aryl methyl sites for hydroxylation is 1. The first-order chi connectivity index (χ1) is 12.6. The summed E-state index contributed by atoms with van der Waals surface area (Å²) >= 11 is 6.08. The highest BCUT2D eigenvalue weighted by Crippen LogP contribution is 2.17. The van der Waals surface area contributed by atoms with Crippen molar-refractivity contribution < 1.29 is 4.79 Å². The zero-order chi connectivity index (χ0) is 18.4. The van der Waals surface area contributed by atoms with Crippen LogP contribution in [0.4, 0.5) is 0 Å². The second-order valence-electron chi connectivity index (χ2n) is 5.97. The largest absolute Gasteiger partial charge is 0.348 e. The van der Waals surface area contributed by atoms with Gasteiger partial charge in [-0.05, 0) is 41.3 Å². The molecule has 0 atom stereocenters. The number of nitrogens with zero attached hydrogens (tertiary/aromatic N) is 3. The molecule has 0 saturated heterocycles. The monoisotopic (exact) mass is 366 g/mol. The smallest absolute Gasteiger partial charge is 0.244 e. The van der Waals surface area contributed by atoms with E-state index in [9.17, 15) is 4.79 Å². The quantitative estimate of drug-likeness (QED) is 0.678. The lowest BCUT2D eigenvalue weighted by Gasteiger charge is -2.05. The Morgan fingerprint density at radius 1 is 1.19 bits per heavy atom. The van der Waals surface area contributed by atoms with Crippen molar-refractivity contribution in [3.63, 3.8) is 0 Å². The lowest BCUT2D eigenvalue weighted by molar-refractivity contribution is -0.116. The molecule has 6 heteroatoms. The summed E-state index contributed by atoms with van der Waals surface area (Å²) in [7, 11) is 0. The Labute approximate surface area is 157 Å². The molecule has 0 spiro atoms. The van der Waals surface area contributed by atoms with Crippen molar-refractivity contribution in [1.82, 2.24) is 20.1 Å². The lowest BCUT2D eigenvalue weighted by atomic mass is 10.1. The third kappa shape index (κ3) is 5.04. The van der Waals surface area contributed by atoms with Crippen LogP contribution < -0.4 is 5.32 Å². The average molecular weight is 367 g/mol. The highest BCUT2D eigenvalue weighted by atomic mass is 35.5. The molecule has 0 bridgehead atoms. The zero-order valence-corrected chi connectivity index (χ0v) is 15.1. The number of rotatable bonds is 6. The summed E-state index contributed by atoms with van der Waals surface area (Å²) in [5.74, 6) is -0.145. The maximum atomic E-state index is 12.0. The zero-order valence-electron chi connectivity index (χ0n) is 14.4. The van der Waals surface area contributed by atoms with Crippen molar-refractivity contribution in [2.24, 2.45) is 0 Å². The maximum Gasteiger partial charge on any atom is 0.244 e. The summed E-state index contributed by atoms with van der Waals surface area (Å²) < 4.78 is 1.76. The topological polar surface area (TPSA) is 59.8 Å². The molecule has 132 valence electrons. The normalized spacial score (nSPS) is 11.0. The minimum Gasteiger partial charge on any atom is -0.348 e. The van der Waals surface area contributed by atoms with Gasteiger partial charge in [-0.15, -0.1) is 0 Å². The van der Waals surface area contributed by atoms with Crippen molar-refractivity contribution in [1.29, 1.82) is 0 Å². The Kier molecular flexibility index (Phi) is 5.81. The van der Waals surface area contributed by atoms with E-state index in [-0.39, 0.29) is 5.91 Å². The second-order valence-corrected chi connectivity index (χ2v) is 6.38. The minimum absolute atomic E-state index is 0.145. The first-order valence-corrected chi connectivity index (χ1v) is 8.60. The van der Waals surface area contributed by atoms with Crippen LogP contribution in [0.25, 0.3) is 6.08 Å². The summed E-state index contributed by atoms with van der Waals surface area (Å²) in [6, 6.07) is 13.7. The van der Waals surface area contributed by atoms with Crippen LogP contribution in [-0.4, -0.2) is 20.7 Å². The van der Waals surface area contributed by atoms with Gasteiger partial charge in [0.15, 0.2) is 0 Å². The van der Waals surface area contributed by atoms with Gasteiger partial charge in [-0.25, -0.2) is 9.67 Å². The van der Waals surface area contributed by atoms with Gasteiger partial charge in [-0.2, -0.15) is 5.10 Å². The number of hydrogen-bond donors (Lipinski definition) is 1. The molecule has 1 heterocycles. The van der Waals surface area contributed by atoms with Crippen LogP contribution in [0.2, 0.25) is 5.02 Å². The van der Waals surface area contributed by atoms with E-state index < -0.39 is 0 Å². The molecule has 0 aliphatic heterocycles. The molecule has 3 rings (SSSR count). The third-order valence-corrected chi connectivity index (χ3v) is 4.33. The van der Waals surface area contributed by atoms with Gasteiger partial charge in [-0.1, -0.05) is 48.0 Å². The highest BCUT2D eigenvalue weighted by Gasteiger charge is 2.00. The molecule has 3 aromatic rings. The van der Waals surface area contributed by atoms with E-state index in [1.807, 2.05) is 49.4 Å². The standard InChI is InChI=1S/C20H19ClN4O/c1-15-2-3-16(10-19(15)21)8-9-20(26)23-11-17-4-6-18(7-5-17)12-25-14-22-13-24-25/h2-10,13-14H,11-12H2,1H3,(H,23,26)/b9-8+. The number of carbonyl (C=O) groups is 1. The van der Waals surface area contributed by atoms with Crippen LogP contribution in [0.1, 0.15) is 22.3 Å². The van der Waals surface area contributed by atoms with Gasteiger partial charge in [0.1, 0.15) is 12.7 Å². The van der Waals surface area contributed by atoms with Crippen molar-refractivity contribution >= 4 is 23.6 Å². The fourth-order valence-corrected chi connectivity index (χ4v) is 2.59. The van der Waals surface area contributed by atoms with E-state index in [2.05, 4.69) is 15.4 Å². The molecule has 26 heavy (non-hydrogen) atoms. The lowest BCUT2D eigenvalue weighted by Crippen LogP contribution is -2.20. The first-order valence-electron chi connectivity index (χ1n) is 8.22. The van der Waals surface area contributed by atoms with Crippen molar-refractivity contribution in [2.75, 3.05) is 0 Å². The van der Waals surface area contributed by atoms with Gasteiger partial charge in [0.05, 0.1) is 6.54 Å². The van der Waals surface area contributed by atoms with Crippen molar-refractivity contribution in [3.8, 4) is 0 Å². The summed E-state index contributed by atoms with van der Waals surface area (Å²) in [6.45, 7) is 3.09. The van der Waals surface area contributed by atoms with Crippen LogP contribution in [0, 0.1) is 6.92 Å². The number of benzene rings is 2. The Balaban J connectivity index is 1.50. The van der Waals surface area contributed by atoms with Crippen LogP contribution in [0.5, 0.6) is 0 Å². The molecule has 0 fully saturated rings. The van der Waals surface area contributed by atoms with Crippen LogP contribution >= 0.6 is 11.6 Å². The average Bonchev–Trinajstić information content (AvgIpc) is 3.15. The maximum absolute atomic E-state index is 12.0. The number of halogens is 1. The number of aromatic nitrogens is 3. The molecule has 0 unspecified atom stereocenters. The number of amides is 1. The molecule has 0 aliphatic rings. The highest BCUT2D eigenvalue weighted by molar-refractivity contribution is 6.31. The van der Waals surface area contributed by atoms with Gasteiger partial charge in [-0.3, -0.25) is 4.79 Å². The van der Waals surface area contributed by atoms with Crippen molar-refractivity contribution in [3.05, 3.63) is 88.5 Å². The summed E-state index contributed by atoms with van der Waals surface area (Å²) in [5.41, 5.74) is 4.07. The van der Waals surface area contributed by atoms with E-state index in [1.54, 1.807) is 17.1 Å². The fourth-order valence-electron chi connectivity index (χ4n) is 2.40. The Morgan fingerprint density at radius 2 is 1.96 bits per heavy atom. The first kappa shape index (κ1) is 17.9. The Hall–Kier alpha value is -2.92. The molecule has 0 saturated carbocycles. The van der Waals surface area contributed by atoms with Crippen LogP contribution in [0.3, 0.4) is 0 Å². The van der Waals surface area contributed by atoms with E-state index in [0.29, 0.717) is 18.1 Å². The second kappa shape index (κ2) is 8.45. The molecule has 1 N–H and O–H groups in total. The fraction of sp³-hybridized carbons (Fsp3) is 0.150. The van der Waals surface area contributed by atoms with Crippen molar-refractivity contribution in [2.45, 2.75) is 20.0 Å². The number of hydrogen-bond acceptors (Lipinski definition) is 3. The Bertz CT molecular complexity index is 902. The molecule has 0 aliphatic carbocycles. The SMILES string of the molecule is Cc1ccc(/C=C/C(=O)NCc2ccc(Cn3cncn3)cc2)cc1Cl. The molecule has 5 nitrogen and oxygen atoms in total. The molecule has 2 aromatic carbocycles. The van der Waals surface area contributed by atoms with Crippen LogP contribution in [0.15, 0.2) is 61.2 Å². The molecule has 1 aromatic heterocycles. The van der Waals surface area contributed by atoms with E-state index in [1.165, 1.54) is 12.4 Å². The van der Waals surface area contributed by atoms with Gasteiger partial charge in [0.25, 0.3) is 0 Å². The van der Waals surface area contributed by atoms with Gasteiger partial charge in [0, 0.05) is 17.6 Å². The van der Waals surface area contributed by atoms with Gasteiger partial charge < -0.3 is 5.32 Å². The van der Waals surface area contributed by atoms with Gasteiger partial charge >= 0.3 is 0 Å². The van der Waals surface area contributed by atoms with E-state index >= 15 is 0 Å². The third-order valence-electron chi connectivity index (χ3n) is 3.92. The van der Waals surface area contributed by atoms with Gasteiger partial charge in [0.2, 0.25) is 5.91 Å². The summed E-state index contributed by atoms with van der Waals surface area (Å²) in [4.78, 5) is 15.9. The molecule has 1 amide bonds. The summed E-state index contributed by atoms with van der Waals surface area (Å²) in [5, 5.41) is 7.65. The Morgan fingerprint density at radius 3 is 2.65 bits per heavy atom. The minimum atomic E-state index is -0.145. The number of nitrogens with one attached hydrogen (secondary N) is 1. The molecular weight excluding hydrogens is 348 g/mol. The van der Waals surface area contributed by atoms with Crippen LogP contribution in [-0.2, 0) is 17.9 Å². The van der Waals surface area contributed by atoms with E-state index in [0.717, 1.165) is 22.3 Å². The molecule has 0 radical (unpaired) electrons. The predicted molar refractivity (Wildman–Crippen MR) is 103 cm³/mol. The van der Waals surface area contributed by atoms with E-state index in [4.69, 9.17) is 11.6 Å². The molecular formula is C20H19ClN4O. The summed E-state index contributed by atoms with van der Waals surface area (Å²) in [6.07, 6.45) is 6.46. The number of carbonyl (C=O) groups excluding carboxylic acids is 1.